The Hall–Kier alpha value is -3.16. The van der Waals surface area contributed by atoms with Gasteiger partial charge in [0.25, 0.3) is 5.91 Å². The van der Waals surface area contributed by atoms with Gasteiger partial charge in [-0.15, -0.1) is 0 Å². The number of para-hydroxylation sites is 1. The number of amides is 3. The van der Waals surface area contributed by atoms with Gasteiger partial charge in [-0.2, -0.15) is 5.10 Å². The standard InChI is InChI=1S/C16H18N4O4/c1-3-17-16(23)19-14(21)10-24-15(22)13-9-18-20(11(13)2)12-7-5-4-6-8-12/h4-9H,3,10H2,1-2H3,(H2,17,19,21,23). The molecule has 24 heavy (non-hydrogen) atoms. The number of rotatable bonds is 5. The summed E-state index contributed by atoms with van der Waals surface area (Å²) in [5, 5.41) is 8.61. The summed E-state index contributed by atoms with van der Waals surface area (Å²) in [6.07, 6.45) is 1.38. The van der Waals surface area contributed by atoms with Crippen molar-refractivity contribution in [1.82, 2.24) is 20.4 Å². The molecule has 1 heterocycles. The molecule has 2 N–H and O–H groups in total. The maximum absolute atomic E-state index is 12.1. The van der Waals surface area contributed by atoms with Crippen LogP contribution in [0.15, 0.2) is 36.5 Å². The van der Waals surface area contributed by atoms with E-state index in [4.69, 9.17) is 4.74 Å². The fraction of sp³-hybridized carbons (Fsp3) is 0.250. The average molecular weight is 330 g/mol. The van der Waals surface area contributed by atoms with Gasteiger partial charge in [-0.3, -0.25) is 10.1 Å². The lowest BCUT2D eigenvalue weighted by atomic mass is 10.2. The first kappa shape index (κ1) is 17.2. The second-order valence-corrected chi connectivity index (χ2v) is 4.87. The van der Waals surface area contributed by atoms with Crippen molar-refractivity contribution in [2.24, 2.45) is 0 Å². The zero-order chi connectivity index (χ0) is 17.5. The van der Waals surface area contributed by atoms with Gasteiger partial charge in [0.2, 0.25) is 0 Å². The molecule has 2 rings (SSSR count). The molecule has 8 nitrogen and oxygen atoms in total. The van der Waals surface area contributed by atoms with E-state index in [-0.39, 0.29) is 5.56 Å². The molecular weight excluding hydrogens is 312 g/mol. The summed E-state index contributed by atoms with van der Waals surface area (Å²) in [5.74, 6) is -1.39. The van der Waals surface area contributed by atoms with Crippen molar-refractivity contribution in [3.8, 4) is 5.69 Å². The second-order valence-electron chi connectivity index (χ2n) is 4.87. The minimum atomic E-state index is -0.706. The molecule has 1 aromatic carbocycles. The summed E-state index contributed by atoms with van der Waals surface area (Å²) < 4.78 is 6.52. The number of nitrogens with zero attached hydrogens (tertiary/aromatic N) is 2. The Morgan fingerprint density at radius 3 is 2.58 bits per heavy atom. The third-order valence-corrected chi connectivity index (χ3v) is 3.16. The van der Waals surface area contributed by atoms with E-state index in [0.717, 1.165) is 5.69 Å². The highest BCUT2D eigenvalue weighted by atomic mass is 16.5. The summed E-state index contributed by atoms with van der Waals surface area (Å²) in [6.45, 7) is 3.28. The van der Waals surface area contributed by atoms with Crippen LogP contribution in [-0.4, -0.2) is 40.8 Å². The van der Waals surface area contributed by atoms with E-state index in [0.29, 0.717) is 12.2 Å². The molecule has 0 fully saturated rings. The van der Waals surface area contributed by atoms with Crippen molar-refractivity contribution in [1.29, 1.82) is 0 Å². The number of carbonyl (C=O) groups excluding carboxylic acids is 3. The summed E-state index contributed by atoms with van der Waals surface area (Å²) in [6, 6.07) is 8.68. The molecule has 0 aliphatic heterocycles. The molecule has 0 aliphatic rings. The zero-order valence-corrected chi connectivity index (χ0v) is 13.4. The second kappa shape index (κ2) is 7.91. The fourth-order valence-corrected chi connectivity index (χ4v) is 2.02. The van der Waals surface area contributed by atoms with Crippen LogP contribution in [0.3, 0.4) is 0 Å². The Balaban J connectivity index is 1.97. The number of imide groups is 1. The molecule has 0 radical (unpaired) electrons. The van der Waals surface area contributed by atoms with Crippen LogP contribution in [0.4, 0.5) is 4.79 Å². The van der Waals surface area contributed by atoms with Crippen LogP contribution in [-0.2, 0) is 9.53 Å². The quantitative estimate of drug-likeness (QED) is 0.802. The largest absolute Gasteiger partial charge is 0.452 e. The van der Waals surface area contributed by atoms with Gasteiger partial charge in [-0.25, -0.2) is 14.3 Å². The topological polar surface area (TPSA) is 102 Å². The molecular formula is C16H18N4O4. The molecule has 0 atom stereocenters. The van der Waals surface area contributed by atoms with Crippen LogP contribution >= 0.6 is 0 Å². The lowest BCUT2D eigenvalue weighted by Gasteiger charge is -2.07. The number of hydrogen-bond donors (Lipinski definition) is 2. The van der Waals surface area contributed by atoms with Gasteiger partial charge in [0.15, 0.2) is 6.61 Å². The van der Waals surface area contributed by atoms with Crippen molar-refractivity contribution < 1.29 is 19.1 Å². The van der Waals surface area contributed by atoms with Crippen molar-refractivity contribution in [2.45, 2.75) is 13.8 Å². The lowest BCUT2D eigenvalue weighted by Crippen LogP contribution is -2.41. The highest BCUT2D eigenvalue weighted by molar-refractivity contribution is 5.97. The van der Waals surface area contributed by atoms with Gasteiger partial charge in [0.1, 0.15) is 5.56 Å². The maximum Gasteiger partial charge on any atom is 0.342 e. The van der Waals surface area contributed by atoms with Crippen LogP contribution in [0.2, 0.25) is 0 Å². The van der Waals surface area contributed by atoms with Crippen molar-refractivity contribution in [2.75, 3.05) is 13.2 Å². The number of carbonyl (C=O) groups is 3. The SMILES string of the molecule is CCNC(=O)NC(=O)COC(=O)c1cnn(-c2ccccc2)c1C. The molecule has 0 saturated heterocycles. The van der Waals surface area contributed by atoms with Crippen LogP contribution in [0.1, 0.15) is 23.0 Å². The average Bonchev–Trinajstić information content (AvgIpc) is 2.95. The molecule has 3 amide bonds. The summed E-state index contributed by atoms with van der Waals surface area (Å²) in [4.78, 5) is 34.8. The first-order chi connectivity index (χ1) is 11.5. The summed E-state index contributed by atoms with van der Waals surface area (Å²) in [5.41, 5.74) is 1.66. The molecule has 0 saturated carbocycles. The molecule has 0 aliphatic carbocycles. The van der Waals surface area contributed by atoms with Gasteiger partial charge in [-0.05, 0) is 26.0 Å². The van der Waals surface area contributed by atoms with Crippen LogP contribution < -0.4 is 10.6 Å². The number of nitrogens with one attached hydrogen (secondary N) is 2. The predicted molar refractivity (Wildman–Crippen MR) is 85.8 cm³/mol. The van der Waals surface area contributed by atoms with Gasteiger partial charge in [-0.1, -0.05) is 18.2 Å². The minimum absolute atomic E-state index is 0.254. The number of aromatic nitrogens is 2. The number of ether oxygens (including phenoxy) is 1. The summed E-state index contributed by atoms with van der Waals surface area (Å²) >= 11 is 0. The van der Waals surface area contributed by atoms with Crippen LogP contribution in [0.5, 0.6) is 0 Å². The number of benzene rings is 1. The monoisotopic (exact) mass is 330 g/mol. The Labute approximate surface area is 138 Å². The highest BCUT2D eigenvalue weighted by Crippen LogP contribution is 2.14. The van der Waals surface area contributed by atoms with Crippen molar-refractivity contribution in [3.63, 3.8) is 0 Å². The lowest BCUT2D eigenvalue weighted by molar-refractivity contribution is -0.123. The Morgan fingerprint density at radius 1 is 1.21 bits per heavy atom. The van der Waals surface area contributed by atoms with Crippen molar-refractivity contribution in [3.05, 3.63) is 47.8 Å². The van der Waals surface area contributed by atoms with E-state index < -0.39 is 24.5 Å². The molecule has 0 spiro atoms. The zero-order valence-electron chi connectivity index (χ0n) is 13.4. The highest BCUT2D eigenvalue weighted by Gasteiger charge is 2.18. The van der Waals surface area contributed by atoms with E-state index in [1.54, 1.807) is 18.5 Å². The molecule has 8 heteroatoms. The Morgan fingerprint density at radius 2 is 1.92 bits per heavy atom. The van der Waals surface area contributed by atoms with Gasteiger partial charge < -0.3 is 10.1 Å². The molecule has 0 bridgehead atoms. The molecule has 126 valence electrons. The van der Waals surface area contributed by atoms with E-state index in [1.807, 2.05) is 35.6 Å². The Kier molecular flexibility index (Phi) is 5.67. The fourth-order valence-electron chi connectivity index (χ4n) is 2.02. The first-order valence-electron chi connectivity index (χ1n) is 7.37. The molecule has 2 aromatic rings. The minimum Gasteiger partial charge on any atom is -0.452 e. The first-order valence-corrected chi connectivity index (χ1v) is 7.37. The molecule has 0 unspecified atom stereocenters. The van der Waals surface area contributed by atoms with E-state index >= 15 is 0 Å². The smallest absolute Gasteiger partial charge is 0.342 e. The van der Waals surface area contributed by atoms with E-state index in [9.17, 15) is 14.4 Å². The summed E-state index contributed by atoms with van der Waals surface area (Å²) in [7, 11) is 0. The van der Waals surface area contributed by atoms with Gasteiger partial charge in [0.05, 0.1) is 17.6 Å². The third-order valence-electron chi connectivity index (χ3n) is 3.16. The number of hydrogen-bond acceptors (Lipinski definition) is 5. The third kappa shape index (κ3) is 4.19. The number of esters is 1. The van der Waals surface area contributed by atoms with E-state index in [2.05, 4.69) is 10.4 Å². The number of urea groups is 1. The normalized spacial score (nSPS) is 10.1. The predicted octanol–water partition coefficient (Wildman–Crippen LogP) is 1.18. The Bertz CT molecular complexity index is 740. The van der Waals surface area contributed by atoms with Crippen LogP contribution in [0, 0.1) is 6.92 Å². The maximum atomic E-state index is 12.1. The van der Waals surface area contributed by atoms with Gasteiger partial charge >= 0.3 is 12.0 Å². The van der Waals surface area contributed by atoms with Gasteiger partial charge in [0, 0.05) is 6.54 Å². The van der Waals surface area contributed by atoms with E-state index in [1.165, 1.54) is 6.20 Å². The molecule has 1 aromatic heterocycles. The van der Waals surface area contributed by atoms with Crippen molar-refractivity contribution >= 4 is 17.9 Å². The van der Waals surface area contributed by atoms with Crippen LogP contribution in [0.25, 0.3) is 5.69 Å².